The van der Waals surface area contributed by atoms with Gasteiger partial charge in [-0.15, -0.1) is 0 Å². The van der Waals surface area contributed by atoms with Gasteiger partial charge in [0.2, 0.25) is 5.91 Å². The number of para-hydroxylation sites is 1. The number of esters is 1. The molecule has 1 fully saturated rings. The van der Waals surface area contributed by atoms with E-state index in [1.54, 1.807) is 48.5 Å². The Morgan fingerprint density at radius 1 is 1.14 bits per heavy atom. The van der Waals surface area contributed by atoms with Crippen molar-refractivity contribution in [3.8, 4) is 0 Å². The van der Waals surface area contributed by atoms with Gasteiger partial charge in [0.15, 0.2) is 5.82 Å². The van der Waals surface area contributed by atoms with Gasteiger partial charge < -0.3 is 19.4 Å². The van der Waals surface area contributed by atoms with Crippen LogP contribution < -0.4 is 15.8 Å². The van der Waals surface area contributed by atoms with Crippen molar-refractivity contribution in [3.05, 3.63) is 88.4 Å². The predicted octanol–water partition coefficient (Wildman–Crippen LogP) is 3.32. The van der Waals surface area contributed by atoms with Crippen LogP contribution in [0.3, 0.4) is 0 Å². The summed E-state index contributed by atoms with van der Waals surface area (Å²) in [6, 6.07) is 15.6. The van der Waals surface area contributed by atoms with Crippen molar-refractivity contribution in [1.82, 2.24) is 9.55 Å². The Balaban J connectivity index is 1.28. The second-order valence-electron chi connectivity index (χ2n) is 8.66. The van der Waals surface area contributed by atoms with E-state index < -0.39 is 5.97 Å². The molecule has 6 rings (SSSR count). The van der Waals surface area contributed by atoms with Gasteiger partial charge in [-0.2, -0.15) is 0 Å². The number of rotatable bonds is 5. The number of nitrogens with one attached hydrogen (secondary N) is 1. The predicted molar refractivity (Wildman–Crippen MR) is 128 cm³/mol. The lowest BCUT2D eigenvalue weighted by atomic mass is 10.1. The Bertz CT molecular complexity index is 1510. The zero-order valence-corrected chi connectivity index (χ0v) is 18.8. The van der Waals surface area contributed by atoms with Crippen LogP contribution in [-0.4, -0.2) is 34.0 Å². The highest BCUT2D eigenvalue weighted by atomic mass is 16.5. The molecule has 4 heterocycles. The van der Waals surface area contributed by atoms with Gasteiger partial charge in [-0.05, 0) is 55.3 Å². The first kappa shape index (κ1) is 21.2. The molecule has 1 unspecified atom stereocenters. The Morgan fingerprint density at radius 2 is 2.03 bits per heavy atom. The third-order valence-corrected chi connectivity index (χ3v) is 6.52. The summed E-state index contributed by atoms with van der Waals surface area (Å²) in [5.41, 5.74) is 2.10. The third kappa shape index (κ3) is 3.74. The third-order valence-electron chi connectivity index (χ3n) is 6.52. The Morgan fingerprint density at radius 3 is 2.89 bits per heavy atom. The van der Waals surface area contributed by atoms with Gasteiger partial charge in [0.05, 0.1) is 40.6 Å². The molecule has 2 aromatic carbocycles. The van der Waals surface area contributed by atoms with Crippen LogP contribution in [0.4, 0.5) is 11.4 Å². The first-order valence-electron chi connectivity index (χ1n) is 11.5. The number of aromatic nitrogens is 2. The van der Waals surface area contributed by atoms with Crippen LogP contribution in [0.5, 0.6) is 0 Å². The fraction of sp³-hybridized carbons (Fsp3) is 0.231. The number of nitrogens with zero attached hydrogens (tertiary/aromatic N) is 3. The molecular weight excluding hydrogens is 448 g/mol. The number of carbonyl (C=O) groups is 2. The summed E-state index contributed by atoms with van der Waals surface area (Å²) < 4.78 is 12.4. The van der Waals surface area contributed by atoms with Crippen LogP contribution in [0.2, 0.25) is 0 Å². The van der Waals surface area contributed by atoms with Crippen LogP contribution in [0.1, 0.15) is 34.8 Å². The molecule has 2 aliphatic heterocycles. The second kappa shape index (κ2) is 8.43. The van der Waals surface area contributed by atoms with E-state index in [-0.39, 0.29) is 30.7 Å². The molecule has 0 aliphatic carbocycles. The van der Waals surface area contributed by atoms with Crippen molar-refractivity contribution in [2.75, 3.05) is 16.8 Å². The molecule has 1 saturated heterocycles. The van der Waals surface area contributed by atoms with Gasteiger partial charge in [-0.1, -0.05) is 12.1 Å². The summed E-state index contributed by atoms with van der Waals surface area (Å²) in [4.78, 5) is 45.2. The van der Waals surface area contributed by atoms with E-state index in [2.05, 4.69) is 15.2 Å². The molecule has 35 heavy (non-hydrogen) atoms. The van der Waals surface area contributed by atoms with Crippen LogP contribution in [0, 0.1) is 0 Å². The number of ether oxygens (including phenoxy) is 1. The number of benzene rings is 2. The van der Waals surface area contributed by atoms with Gasteiger partial charge >= 0.3 is 5.97 Å². The SMILES string of the molecule is O=C(OCc1nc2ccccc2c(=O)n1Cc1ccco1)c1ccc2c(c1)NC(=O)C1CCCN21. The molecule has 1 atom stereocenters. The first-order valence-corrected chi connectivity index (χ1v) is 11.5. The number of amides is 1. The lowest BCUT2D eigenvalue weighted by Crippen LogP contribution is -2.43. The van der Waals surface area contributed by atoms with E-state index in [9.17, 15) is 14.4 Å². The van der Waals surface area contributed by atoms with Gasteiger partial charge in [-0.25, -0.2) is 9.78 Å². The molecule has 1 N–H and O–H groups in total. The van der Waals surface area contributed by atoms with Crippen molar-refractivity contribution < 1.29 is 18.7 Å². The summed E-state index contributed by atoms with van der Waals surface area (Å²) in [5.74, 6) is 0.271. The smallest absolute Gasteiger partial charge is 0.338 e. The zero-order chi connectivity index (χ0) is 23.9. The van der Waals surface area contributed by atoms with Crippen LogP contribution in [0.15, 0.2) is 70.1 Å². The molecule has 9 heteroatoms. The highest BCUT2D eigenvalue weighted by Gasteiger charge is 2.36. The molecule has 1 amide bonds. The van der Waals surface area contributed by atoms with E-state index in [1.807, 2.05) is 6.07 Å². The van der Waals surface area contributed by atoms with Crippen molar-refractivity contribution in [3.63, 3.8) is 0 Å². The van der Waals surface area contributed by atoms with E-state index in [1.165, 1.54) is 10.8 Å². The van der Waals surface area contributed by atoms with Gasteiger partial charge in [0, 0.05) is 6.54 Å². The van der Waals surface area contributed by atoms with E-state index in [0.29, 0.717) is 33.7 Å². The average Bonchev–Trinajstić information content (AvgIpc) is 3.57. The minimum atomic E-state index is -0.572. The maximum atomic E-state index is 13.2. The lowest BCUT2D eigenvalue weighted by Gasteiger charge is -2.33. The van der Waals surface area contributed by atoms with E-state index in [4.69, 9.17) is 9.15 Å². The normalized spacial score (nSPS) is 16.6. The van der Waals surface area contributed by atoms with Crippen LogP contribution >= 0.6 is 0 Å². The monoisotopic (exact) mass is 470 g/mol. The molecule has 0 saturated carbocycles. The van der Waals surface area contributed by atoms with Crippen molar-refractivity contribution in [2.45, 2.75) is 32.0 Å². The van der Waals surface area contributed by atoms with Gasteiger partial charge in [-0.3, -0.25) is 14.2 Å². The Hall–Kier alpha value is -4.40. The summed E-state index contributed by atoms with van der Waals surface area (Å²) in [7, 11) is 0. The highest BCUT2D eigenvalue weighted by Crippen LogP contribution is 2.37. The minimum Gasteiger partial charge on any atom is -0.467 e. The van der Waals surface area contributed by atoms with Crippen molar-refractivity contribution >= 4 is 34.2 Å². The number of hydrogen-bond acceptors (Lipinski definition) is 7. The maximum Gasteiger partial charge on any atom is 0.338 e. The molecule has 2 aliphatic rings. The first-order chi connectivity index (χ1) is 17.1. The number of furan rings is 1. The zero-order valence-electron chi connectivity index (χ0n) is 18.8. The van der Waals surface area contributed by atoms with E-state index >= 15 is 0 Å². The van der Waals surface area contributed by atoms with Crippen LogP contribution in [-0.2, 0) is 22.7 Å². The molecule has 0 radical (unpaired) electrons. The molecule has 176 valence electrons. The topological polar surface area (TPSA) is 107 Å². The lowest BCUT2D eigenvalue weighted by molar-refractivity contribution is -0.117. The Kier molecular flexibility index (Phi) is 5.09. The molecular formula is C26H22N4O5. The molecule has 0 bridgehead atoms. The summed E-state index contributed by atoms with van der Waals surface area (Å²) in [5, 5.41) is 3.38. The number of fused-ring (bicyclic) bond motifs is 4. The Labute approximate surface area is 199 Å². The number of carbonyl (C=O) groups excluding carboxylic acids is 2. The largest absolute Gasteiger partial charge is 0.467 e. The molecule has 9 nitrogen and oxygen atoms in total. The molecule has 0 spiro atoms. The van der Waals surface area contributed by atoms with Gasteiger partial charge in [0.1, 0.15) is 18.4 Å². The van der Waals surface area contributed by atoms with Gasteiger partial charge in [0.25, 0.3) is 5.56 Å². The van der Waals surface area contributed by atoms with E-state index in [0.717, 1.165) is 25.1 Å². The second-order valence-corrected chi connectivity index (χ2v) is 8.66. The number of hydrogen-bond donors (Lipinski definition) is 1. The van der Waals surface area contributed by atoms with Crippen LogP contribution in [0.25, 0.3) is 10.9 Å². The quantitative estimate of drug-likeness (QED) is 0.446. The van der Waals surface area contributed by atoms with Crippen molar-refractivity contribution in [1.29, 1.82) is 0 Å². The fourth-order valence-electron chi connectivity index (χ4n) is 4.82. The summed E-state index contributed by atoms with van der Waals surface area (Å²) >= 11 is 0. The minimum absolute atomic E-state index is 0.0529. The summed E-state index contributed by atoms with van der Waals surface area (Å²) in [6.45, 7) is 0.783. The average molecular weight is 470 g/mol. The fourth-order valence-corrected chi connectivity index (χ4v) is 4.82. The van der Waals surface area contributed by atoms with Crippen molar-refractivity contribution in [2.24, 2.45) is 0 Å². The molecule has 4 aromatic rings. The maximum absolute atomic E-state index is 13.2. The standard InChI is InChI=1S/C26H22N4O5/c31-24-22-8-3-11-29(22)21-10-9-16(13-20(21)28-24)26(33)35-15-23-27-19-7-2-1-6-18(19)25(32)30(23)14-17-5-4-12-34-17/h1-2,4-7,9-10,12-13,22H,3,8,11,14-15H2,(H,28,31). The summed E-state index contributed by atoms with van der Waals surface area (Å²) in [6.07, 6.45) is 3.32. The highest BCUT2D eigenvalue weighted by molar-refractivity contribution is 6.05. The number of anilines is 2. The molecule has 2 aromatic heterocycles.